The third-order valence-corrected chi connectivity index (χ3v) is 5.49. The maximum absolute atomic E-state index is 11.4. The van der Waals surface area contributed by atoms with Crippen LogP contribution in [0.2, 0.25) is 0 Å². The summed E-state index contributed by atoms with van der Waals surface area (Å²) >= 11 is 1.66. The number of hydrogen-bond acceptors (Lipinski definition) is 7. The van der Waals surface area contributed by atoms with Gasteiger partial charge in [0.15, 0.2) is 0 Å². The summed E-state index contributed by atoms with van der Waals surface area (Å²) < 4.78 is 10.9. The molecule has 0 radical (unpaired) electrons. The van der Waals surface area contributed by atoms with Crippen molar-refractivity contribution in [3.8, 4) is 17.4 Å². The van der Waals surface area contributed by atoms with Gasteiger partial charge >= 0.3 is 5.69 Å². The molecule has 7 nitrogen and oxygen atoms in total. The maximum atomic E-state index is 11.4. The number of aromatic nitrogens is 2. The second-order valence-electron chi connectivity index (χ2n) is 5.76. The van der Waals surface area contributed by atoms with Gasteiger partial charge in [-0.25, -0.2) is 9.97 Å². The van der Waals surface area contributed by atoms with Gasteiger partial charge in [0, 0.05) is 4.88 Å². The van der Waals surface area contributed by atoms with Gasteiger partial charge in [-0.15, -0.1) is 11.3 Å². The number of thiophene rings is 1. The molecule has 3 aromatic rings. The third-order valence-electron chi connectivity index (χ3n) is 4.29. The molecule has 0 fully saturated rings. The molecule has 0 N–H and O–H groups in total. The van der Waals surface area contributed by atoms with Crippen LogP contribution in [0.5, 0.6) is 17.4 Å². The zero-order valence-corrected chi connectivity index (χ0v) is 14.3. The smallest absolute Gasteiger partial charge is 0.315 e. The fourth-order valence-corrected chi connectivity index (χ4v) is 4.32. The van der Waals surface area contributed by atoms with Gasteiger partial charge in [-0.2, -0.15) is 0 Å². The number of methoxy groups -OCH3 is 1. The summed E-state index contributed by atoms with van der Waals surface area (Å²) in [6, 6.07) is 4.50. The Morgan fingerprint density at radius 2 is 2.08 bits per heavy atom. The van der Waals surface area contributed by atoms with E-state index in [1.807, 2.05) is 0 Å². The van der Waals surface area contributed by atoms with Crippen molar-refractivity contribution in [2.45, 2.75) is 25.7 Å². The molecule has 128 valence electrons. The van der Waals surface area contributed by atoms with Crippen LogP contribution in [0.3, 0.4) is 0 Å². The average molecular weight is 357 g/mol. The van der Waals surface area contributed by atoms with Gasteiger partial charge in [-0.3, -0.25) is 10.1 Å². The summed E-state index contributed by atoms with van der Waals surface area (Å²) in [4.78, 5) is 21.7. The molecule has 4 rings (SSSR count). The van der Waals surface area contributed by atoms with E-state index in [1.54, 1.807) is 17.4 Å². The highest BCUT2D eigenvalue weighted by atomic mass is 32.1. The number of nitro groups is 1. The number of hydrogen-bond donors (Lipinski definition) is 0. The van der Waals surface area contributed by atoms with Gasteiger partial charge in [0.2, 0.25) is 11.6 Å². The van der Waals surface area contributed by atoms with Gasteiger partial charge in [-0.05, 0) is 43.4 Å². The van der Waals surface area contributed by atoms with Crippen LogP contribution in [0.4, 0.5) is 5.69 Å². The van der Waals surface area contributed by atoms with Crippen LogP contribution in [0.15, 0.2) is 24.5 Å². The molecule has 0 atom stereocenters. The molecule has 0 amide bonds. The van der Waals surface area contributed by atoms with Crippen molar-refractivity contribution in [1.82, 2.24) is 9.97 Å². The highest BCUT2D eigenvalue weighted by molar-refractivity contribution is 7.18. The van der Waals surface area contributed by atoms with Crippen molar-refractivity contribution in [3.63, 3.8) is 0 Å². The molecule has 0 unspecified atom stereocenters. The Kier molecular flexibility index (Phi) is 3.96. The van der Waals surface area contributed by atoms with E-state index in [2.05, 4.69) is 9.97 Å². The van der Waals surface area contributed by atoms with Crippen molar-refractivity contribution in [2.24, 2.45) is 0 Å². The quantitative estimate of drug-likeness (QED) is 0.511. The first-order chi connectivity index (χ1) is 12.2. The Bertz CT molecular complexity index is 970. The van der Waals surface area contributed by atoms with Crippen LogP contribution in [0, 0.1) is 10.1 Å². The highest BCUT2D eigenvalue weighted by Gasteiger charge is 2.23. The molecule has 0 bridgehead atoms. The zero-order valence-electron chi connectivity index (χ0n) is 13.5. The standard InChI is InChI=1S/C17H15N3O4S/c1-23-10-6-7-13(12(8-10)20(21)22)24-16-15-11-4-2-3-5-14(11)25-17(15)19-9-18-16/h6-9H,2-5H2,1H3. The number of aryl methyl sites for hydroxylation is 2. The van der Waals surface area contributed by atoms with E-state index < -0.39 is 4.92 Å². The van der Waals surface area contributed by atoms with Gasteiger partial charge in [-0.1, -0.05) is 0 Å². The molecular formula is C17H15N3O4S. The molecule has 0 saturated carbocycles. The molecule has 8 heteroatoms. The summed E-state index contributed by atoms with van der Waals surface area (Å²) in [6.07, 6.45) is 5.74. The second-order valence-corrected chi connectivity index (χ2v) is 6.85. The van der Waals surface area contributed by atoms with Crippen molar-refractivity contribution in [2.75, 3.05) is 7.11 Å². The molecule has 0 spiro atoms. The van der Waals surface area contributed by atoms with Crippen LogP contribution < -0.4 is 9.47 Å². The van der Waals surface area contributed by atoms with Gasteiger partial charge < -0.3 is 9.47 Å². The monoisotopic (exact) mass is 357 g/mol. The fourth-order valence-electron chi connectivity index (χ4n) is 3.10. The predicted octanol–water partition coefficient (Wildman–Crippen LogP) is 4.28. The van der Waals surface area contributed by atoms with E-state index in [-0.39, 0.29) is 11.4 Å². The van der Waals surface area contributed by atoms with Crippen LogP contribution in [-0.2, 0) is 12.8 Å². The maximum Gasteiger partial charge on any atom is 0.315 e. The van der Waals surface area contributed by atoms with E-state index in [0.717, 1.165) is 29.5 Å². The minimum atomic E-state index is -0.487. The van der Waals surface area contributed by atoms with Crippen molar-refractivity contribution >= 4 is 27.2 Å². The molecule has 1 aromatic carbocycles. The normalized spacial score (nSPS) is 13.5. The fraction of sp³-hybridized carbons (Fsp3) is 0.294. The topological polar surface area (TPSA) is 87.4 Å². The number of ether oxygens (including phenoxy) is 2. The van der Waals surface area contributed by atoms with Crippen LogP contribution in [0.1, 0.15) is 23.3 Å². The Morgan fingerprint density at radius 1 is 1.24 bits per heavy atom. The number of nitro benzene ring substituents is 1. The predicted molar refractivity (Wildman–Crippen MR) is 93.8 cm³/mol. The average Bonchev–Trinajstić information content (AvgIpc) is 3.01. The van der Waals surface area contributed by atoms with E-state index in [9.17, 15) is 10.1 Å². The van der Waals surface area contributed by atoms with E-state index in [0.29, 0.717) is 11.6 Å². The third kappa shape index (κ3) is 2.78. The summed E-state index contributed by atoms with van der Waals surface area (Å²) in [7, 11) is 1.46. The van der Waals surface area contributed by atoms with Gasteiger partial charge in [0.1, 0.15) is 16.9 Å². The summed E-state index contributed by atoms with van der Waals surface area (Å²) in [5, 5.41) is 12.2. The van der Waals surface area contributed by atoms with Crippen LogP contribution in [-0.4, -0.2) is 22.0 Å². The van der Waals surface area contributed by atoms with E-state index in [4.69, 9.17) is 9.47 Å². The number of benzene rings is 1. The minimum Gasteiger partial charge on any atom is -0.496 e. The first-order valence-corrected chi connectivity index (χ1v) is 8.74. The minimum absolute atomic E-state index is 0.140. The Labute approximate surface area is 147 Å². The van der Waals surface area contributed by atoms with E-state index >= 15 is 0 Å². The Morgan fingerprint density at radius 3 is 2.88 bits per heavy atom. The summed E-state index contributed by atoms with van der Waals surface area (Å²) in [5.41, 5.74) is 1.06. The molecule has 1 aliphatic carbocycles. The lowest BCUT2D eigenvalue weighted by Gasteiger charge is -2.12. The highest BCUT2D eigenvalue weighted by Crippen LogP contribution is 2.41. The largest absolute Gasteiger partial charge is 0.496 e. The number of fused-ring (bicyclic) bond motifs is 3. The molecule has 2 aromatic heterocycles. The van der Waals surface area contributed by atoms with Crippen LogP contribution in [0.25, 0.3) is 10.2 Å². The number of nitrogens with zero attached hydrogens (tertiary/aromatic N) is 3. The Hall–Kier alpha value is -2.74. The van der Waals surface area contributed by atoms with Crippen LogP contribution >= 0.6 is 11.3 Å². The molecule has 0 saturated heterocycles. The van der Waals surface area contributed by atoms with E-state index in [1.165, 1.54) is 42.4 Å². The first kappa shape index (κ1) is 15.8. The second kappa shape index (κ2) is 6.29. The molecule has 0 aliphatic heterocycles. The molecule has 25 heavy (non-hydrogen) atoms. The Balaban J connectivity index is 1.81. The zero-order chi connectivity index (χ0) is 17.4. The summed E-state index contributed by atoms with van der Waals surface area (Å²) in [5.74, 6) is 0.916. The lowest BCUT2D eigenvalue weighted by molar-refractivity contribution is -0.385. The summed E-state index contributed by atoms with van der Waals surface area (Å²) in [6.45, 7) is 0. The van der Waals surface area contributed by atoms with Gasteiger partial charge in [0.05, 0.1) is 23.5 Å². The number of rotatable bonds is 4. The lowest BCUT2D eigenvalue weighted by atomic mass is 9.97. The molecular weight excluding hydrogens is 342 g/mol. The lowest BCUT2D eigenvalue weighted by Crippen LogP contribution is -2.00. The molecule has 1 aliphatic rings. The molecule has 2 heterocycles. The van der Waals surface area contributed by atoms with Gasteiger partial charge in [0.25, 0.3) is 0 Å². The first-order valence-electron chi connectivity index (χ1n) is 7.93. The van der Waals surface area contributed by atoms with Crippen molar-refractivity contribution < 1.29 is 14.4 Å². The van der Waals surface area contributed by atoms with Crippen molar-refractivity contribution in [3.05, 3.63) is 45.1 Å². The van der Waals surface area contributed by atoms with Crippen molar-refractivity contribution in [1.29, 1.82) is 0 Å². The SMILES string of the molecule is COc1ccc(Oc2ncnc3sc4c(c23)CCCC4)c([N+](=O)[O-])c1.